The van der Waals surface area contributed by atoms with E-state index < -0.39 is 0 Å². The summed E-state index contributed by atoms with van der Waals surface area (Å²) >= 11 is 0. The minimum absolute atomic E-state index is 0. The van der Waals surface area contributed by atoms with Gasteiger partial charge in [-0.05, 0) is 0 Å². The maximum atomic E-state index is 7.59. The van der Waals surface area contributed by atoms with Crippen molar-refractivity contribution >= 4 is 0 Å². The minimum atomic E-state index is 0. The molecular weight excluding hydrogens is 119 g/mol. The van der Waals surface area contributed by atoms with Crippen LogP contribution in [0.1, 0.15) is 6.42 Å². The summed E-state index contributed by atoms with van der Waals surface area (Å²) in [6, 6.07) is 3.31. The molecule has 7 heavy (non-hydrogen) atoms. The van der Waals surface area contributed by atoms with Crippen LogP contribution in [0.4, 0.5) is 0 Å². The Morgan fingerprint density at radius 1 is 1.14 bits per heavy atom. The number of nitriles is 2. The molecule has 0 aliphatic heterocycles. The van der Waals surface area contributed by atoms with Gasteiger partial charge in [0.05, 0.1) is 12.1 Å². The van der Waals surface area contributed by atoms with Crippen molar-refractivity contribution < 1.29 is 56.9 Å². The molecule has 0 aromatic heterocycles. The molecule has 0 spiro atoms. The maximum absolute atomic E-state index is 7.59. The predicted molar refractivity (Wildman–Crippen MR) is 17.8 cm³/mol. The molecule has 4 heteroatoms. The monoisotopic (exact) mass is 122 g/mol. The smallest absolute Gasteiger partial charge is 0.870 e. The predicted octanol–water partition coefficient (Wildman–Crippen LogP) is -2.75. The second-order valence-electron chi connectivity index (χ2n) is 0.493. The molecule has 0 aliphatic rings. The van der Waals surface area contributed by atoms with Crippen molar-refractivity contribution in [2.75, 3.05) is 0 Å². The number of nitrogens with zero attached hydrogens (tertiary/aromatic N) is 2. The first-order chi connectivity index (χ1) is 2.41. The Hall–Kier alpha value is 0.576. The van der Waals surface area contributed by atoms with Crippen LogP contribution in [0.25, 0.3) is 0 Å². The fourth-order valence-electron chi connectivity index (χ4n) is 0.0354. The molecule has 0 rings (SSSR count). The first-order valence-corrected chi connectivity index (χ1v) is 1.15. The molecule has 0 amide bonds. The van der Waals surface area contributed by atoms with E-state index in [0.29, 0.717) is 0 Å². The van der Waals surface area contributed by atoms with Crippen LogP contribution in [0.2, 0.25) is 0 Å². The van der Waals surface area contributed by atoms with Gasteiger partial charge in [0.15, 0.2) is 0 Å². The molecule has 0 radical (unpaired) electrons. The van der Waals surface area contributed by atoms with Crippen LogP contribution < -0.4 is 51.4 Å². The summed E-state index contributed by atoms with van der Waals surface area (Å²) in [5, 5.41) is 15.2. The van der Waals surface area contributed by atoms with Crippen molar-refractivity contribution in [3.63, 3.8) is 0 Å². The van der Waals surface area contributed by atoms with Crippen LogP contribution in [-0.2, 0) is 0 Å². The van der Waals surface area contributed by atoms with Crippen LogP contribution in [0, 0.1) is 22.7 Å². The van der Waals surface area contributed by atoms with Crippen LogP contribution >= 0.6 is 0 Å². The van der Waals surface area contributed by atoms with E-state index in [0.717, 1.165) is 0 Å². The zero-order valence-electron chi connectivity index (χ0n) is 4.05. The van der Waals surface area contributed by atoms with Gasteiger partial charge in [-0.3, -0.25) is 0 Å². The summed E-state index contributed by atoms with van der Waals surface area (Å²) in [6.45, 7) is 0. The summed E-state index contributed by atoms with van der Waals surface area (Å²) < 4.78 is 0. The van der Waals surface area contributed by atoms with Crippen molar-refractivity contribution in [2.24, 2.45) is 0 Å². The second kappa shape index (κ2) is 16.0. The fourth-order valence-corrected chi connectivity index (χ4v) is 0.0354. The minimum Gasteiger partial charge on any atom is -0.870 e. The normalized spacial score (nSPS) is 3.14. The third-order valence-electron chi connectivity index (χ3n) is 0.158. The molecule has 0 heterocycles. The molecule has 0 fully saturated rings. The van der Waals surface area contributed by atoms with Crippen molar-refractivity contribution in [1.29, 1.82) is 10.5 Å². The Balaban J connectivity index is -0.0000000800. The van der Waals surface area contributed by atoms with E-state index in [4.69, 9.17) is 10.5 Å². The Labute approximate surface area is 84.7 Å². The molecular formula is C3H3KN2O. The van der Waals surface area contributed by atoms with Crippen LogP contribution in [0.15, 0.2) is 0 Å². The average Bonchev–Trinajstić information content (AvgIpc) is 1.41. The second-order valence-corrected chi connectivity index (χ2v) is 0.493. The number of hydrogen-bond donors (Lipinski definition) is 0. The van der Waals surface area contributed by atoms with Crippen LogP contribution in [-0.4, -0.2) is 5.48 Å². The van der Waals surface area contributed by atoms with E-state index in [1.165, 1.54) is 0 Å². The van der Waals surface area contributed by atoms with Crippen LogP contribution in [0.3, 0.4) is 0 Å². The van der Waals surface area contributed by atoms with E-state index in [9.17, 15) is 0 Å². The summed E-state index contributed by atoms with van der Waals surface area (Å²) in [6.07, 6.45) is 0. The molecule has 0 atom stereocenters. The van der Waals surface area contributed by atoms with Gasteiger partial charge in [0, 0.05) is 0 Å². The first-order valence-electron chi connectivity index (χ1n) is 1.15. The van der Waals surface area contributed by atoms with Gasteiger partial charge in [-0.25, -0.2) is 0 Å². The van der Waals surface area contributed by atoms with Crippen molar-refractivity contribution in [3.8, 4) is 12.1 Å². The maximum Gasteiger partial charge on any atom is 1.00 e. The van der Waals surface area contributed by atoms with Crippen molar-refractivity contribution in [1.82, 2.24) is 0 Å². The zero-order chi connectivity index (χ0) is 4.12. The summed E-state index contributed by atoms with van der Waals surface area (Å²) in [4.78, 5) is 0. The molecule has 32 valence electrons. The Bertz CT molecular complexity index is 78.1. The third kappa shape index (κ3) is 20.7. The Morgan fingerprint density at radius 2 is 1.43 bits per heavy atom. The Kier molecular flexibility index (Phi) is 35.7. The molecule has 0 unspecified atom stereocenters. The third-order valence-corrected chi connectivity index (χ3v) is 0.158. The molecule has 0 aliphatic carbocycles. The van der Waals surface area contributed by atoms with E-state index in [2.05, 4.69) is 0 Å². The van der Waals surface area contributed by atoms with Crippen molar-refractivity contribution in [3.05, 3.63) is 0 Å². The number of hydrogen-bond acceptors (Lipinski definition) is 3. The van der Waals surface area contributed by atoms with Gasteiger partial charge in [-0.1, -0.05) is 0 Å². The Morgan fingerprint density at radius 3 is 1.43 bits per heavy atom. The molecule has 0 aromatic carbocycles. The molecule has 0 saturated heterocycles. The molecule has 0 aromatic rings. The van der Waals surface area contributed by atoms with E-state index >= 15 is 0 Å². The zero-order valence-corrected chi connectivity index (χ0v) is 7.17. The van der Waals surface area contributed by atoms with Gasteiger partial charge in [0.1, 0.15) is 6.42 Å². The van der Waals surface area contributed by atoms with Gasteiger partial charge in [0.2, 0.25) is 0 Å². The largest absolute Gasteiger partial charge is 1.00 e. The van der Waals surface area contributed by atoms with E-state index in [1.807, 2.05) is 0 Å². The van der Waals surface area contributed by atoms with E-state index in [-0.39, 0.29) is 63.3 Å². The average molecular weight is 122 g/mol. The van der Waals surface area contributed by atoms with Gasteiger partial charge in [-0.2, -0.15) is 10.5 Å². The summed E-state index contributed by atoms with van der Waals surface area (Å²) in [5.74, 6) is 0. The summed E-state index contributed by atoms with van der Waals surface area (Å²) in [5.41, 5.74) is 0. The number of rotatable bonds is 0. The quantitative estimate of drug-likeness (QED) is 0.327. The van der Waals surface area contributed by atoms with Gasteiger partial charge in [0.25, 0.3) is 0 Å². The standard InChI is InChI=1S/C3H2N2.K.H2O/c4-2-1-3-5;;/h1H2;;1H2/q;+1;/p-1. The fraction of sp³-hybridized carbons (Fsp3) is 0.333. The molecule has 0 saturated carbocycles. The van der Waals surface area contributed by atoms with Crippen LogP contribution in [0.5, 0.6) is 0 Å². The SMILES string of the molecule is N#CCC#N.[K+].[OH-]. The molecule has 1 N–H and O–H groups in total. The summed E-state index contributed by atoms with van der Waals surface area (Å²) in [7, 11) is 0. The van der Waals surface area contributed by atoms with Gasteiger partial charge >= 0.3 is 51.4 Å². The topological polar surface area (TPSA) is 77.6 Å². The van der Waals surface area contributed by atoms with Crippen molar-refractivity contribution in [2.45, 2.75) is 6.42 Å². The molecule has 0 bridgehead atoms. The molecule has 3 nitrogen and oxygen atoms in total. The first kappa shape index (κ1) is 15.6. The van der Waals surface area contributed by atoms with E-state index in [1.54, 1.807) is 12.1 Å². The van der Waals surface area contributed by atoms with Gasteiger partial charge in [-0.15, -0.1) is 0 Å². The van der Waals surface area contributed by atoms with Gasteiger partial charge < -0.3 is 5.48 Å².